The zero-order valence-electron chi connectivity index (χ0n) is 16.9. The number of alkyl halides is 1. The predicted octanol–water partition coefficient (Wildman–Crippen LogP) is 2.59. The van der Waals surface area contributed by atoms with Crippen molar-refractivity contribution >= 4 is 18.1 Å². The molecule has 166 valence electrons. The molecule has 30 heavy (non-hydrogen) atoms. The lowest BCUT2D eigenvalue weighted by molar-refractivity contribution is -0.203. The van der Waals surface area contributed by atoms with Crippen molar-refractivity contribution in [3.8, 4) is 0 Å². The van der Waals surface area contributed by atoms with Gasteiger partial charge in [0, 0.05) is 12.8 Å². The zero-order chi connectivity index (χ0) is 21.4. The van der Waals surface area contributed by atoms with E-state index in [9.17, 15) is 18.8 Å². The van der Waals surface area contributed by atoms with Crippen molar-refractivity contribution in [3.63, 3.8) is 0 Å². The number of carboxylic acid groups (broad SMARTS) is 1. The second-order valence-electron chi connectivity index (χ2n) is 10.2. The predicted molar refractivity (Wildman–Crippen MR) is 98.3 cm³/mol. The minimum absolute atomic E-state index is 0.0599. The topological polar surface area (TPSA) is 125 Å². The van der Waals surface area contributed by atoms with E-state index in [0.717, 1.165) is 19.3 Å². The molecule has 6 fully saturated rings. The van der Waals surface area contributed by atoms with Crippen molar-refractivity contribution in [1.82, 2.24) is 0 Å². The zero-order valence-corrected chi connectivity index (χ0v) is 16.9. The molecule has 6 atom stereocenters. The highest BCUT2D eigenvalue weighted by Gasteiger charge is 2.74. The van der Waals surface area contributed by atoms with Gasteiger partial charge in [0.25, 0.3) is 0 Å². The van der Waals surface area contributed by atoms with Crippen LogP contribution >= 0.6 is 0 Å². The van der Waals surface area contributed by atoms with Crippen LogP contribution < -0.4 is 5.73 Å². The van der Waals surface area contributed by atoms with Gasteiger partial charge in [-0.15, -0.1) is 0 Å². The molecule has 0 aromatic rings. The van der Waals surface area contributed by atoms with Gasteiger partial charge in [-0.25, -0.2) is 9.18 Å². The molecular weight excluding hydrogens is 397 g/mol. The summed E-state index contributed by atoms with van der Waals surface area (Å²) in [6.07, 6.45) is 1.70. The molecule has 6 rings (SSSR count). The van der Waals surface area contributed by atoms with Crippen LogP contribution in [0, 0.1) is 40.9 Å². The molecule has 6 aliphatic rings. The van der Waals surface area contributed by atoms with E-state index in [1.807, 2.05) is 0 Å². The molecule has 0 spiro atoms. The molecule has 9 heteroatoms. The molecular formula is C21H28FNO7. The van der Waals surface area contributed by atoms with Crippen LogP contribution in [0.5, 0.6) is 0 Å². The Morgan fingerprint density at radius 3 is 2.13 bits per heavy atom. The van der Waals surface area contributed by atoms with E-state index in [1.165, 1.54) is 26.2 Å². The molecule has 0 radical (unpaired) electrons. The lowest BCUT2D eigenvalue weighted by Gasteiger charge is -2.55. The quantitative estimate of drug-likeness (QED) is 0.509. The Hall–Kier alpha value is -1.90. The van der Waals surface area contributed by atoms with Gasteiger partial charge in [0.2, 0.25) is 12.0 Å². The van der Waals surface area contributed by atoms with Gasteiger partial charge in [-0.3, -0.25) is 15.3 Å². The van der Waals surface area contributed by atoms with E-state index in [0.29, 0.717) is 17.8 Å². The van der Waals surface area contributed by atoms with Gasteiger partial charge in [0.05, 0.1) is 11.3 Å². The second-order valence-corrected chi connectivity index (χ2v) is 10.2. The van der Waals surface area contributed by atoms with E-state index in [-0.39, 0.29) is 12.4 Å². The summed E-state index contributed by atoms with van der Waals surface area (Å²) in [5.74, 6) is -1.11. The largest absolute Gasteiger partial charge is 0.507 e. The third kappa shape index (κ3) is 2.99. The molecule has 6 saturated carbocycles. The number of carbonyl (C=O) groups excluding carboxylic acids is 2. The van der Waals surface area contributed by atoms with Crippen LogP contribution in [0.3, 0.4) is 0 Å². The molecule has 0 heterocycles. The number of halogens is 1. The van der Waals surface area contributed by atoms with Gasteiger partial charge in [0.1, 0.15) is 0 Å². The van der Waals surface area contributed by atoms with Gasteiger partial charge in [-0.2, -0.15) is 0 Å². The van der Waals surface area contributed by atoms with Crippen LogP contribution in [0.2, 0.25) is 0 Å². The normalized spacial score (nSPS) is 48.6. The summed E-state index contributed by atoms with van der Waals surface area (Å²) >= 11 is 0. The lowest BCUT2D eigenvalue weighted by atomic mass is 9.49. The number of rotatable bonds is 5. The Labute approximate surface area is 173 Å². The summed E-state index contributed by atoms with van der Waals surface area (Å²) in [6.45, 7) is 1.50. The minimum Gasteiger partial charge on any atom is -0.450 e. The molecule has 4 bridgehead atoms. The first-order valence-corrected chi connectivity index (χ1v) is 10.9. The Kier molecular flexibility index (Phi) is 4.37. The summed E-state index contributed by atoms with van der Waals surface area (Å²) in [6, 6.07) is 0. The summed E-state index contributed by atoms with van der Waals surface area (Å²) in [5, 5.41) is 8.84. The Bertz CT molecular complexity index is 752. The van der Waals surface area contributed by atoms with Gasteiger partial charge >= 0.3 is 18.1 Å². The third-order valence-corrected chi connectivity index (χ3v) is 8.22. The number of esters is 2. The summed E-state index contributed by atoms with van der Waals surface area (Å²) < 4.78 is 29.5. The molecule has 3 N–H and O–H groups in total. The van der Waals surface area contributed by atoms with Crippen molar-refractivity contribution < 1.29 is 38.1 Å². The number of nitrogens with two attached hydrogens (primary N) is 1. The number of fused-ring (bicyclic) bond motifs is 1. The first-order valence-electron chi connectivity index (χ1n) is 10.9. The molecule has 0 amide bonds. The maximum Gasteiger partial charge on any atom is 0.507 e. The van der Waals surface area contributed by atoms with E-state index in [1.54, 1.807) is 0 Å². The van der Waals surface area contributed by atoms with Crippen LogP contribution in [0.4, 0.5) is 9.18 Å². The number of hydrogen-bond acceptors (Lipinski definition) is 7. The minimum atomic E-state index is -2.04. The fourth-order valence-electron chi connectivity index (χ4n) is 7.42. The molecule has 0 aliphatic heterocycles. The molecule has 6 aliphatic carbocycles. The molecule has 8 nitrogen and oxygen atoms in total. The first kappa shape index (κ1) is 20.0. The smallest absolute Gasteiger partial charge is 0.450 e. The average Bonchev–Trinajstić information content (AvgIpc) is 3.28. The highest BCUT2D eigenvalue weighted by Crippen LogP contribution is 2.63. The standard InChI is InChI=1S/C21H28FNO7/c1-9(29-18(25)20-6-10-2-11(7-20)4-12(3-10)8-20)28-17(24)15-13-5-14(22)21(23,16(13)15)30-19(26)27/h9-16H,2-8,23H2,1H3,(H,26,27)/t9?,10?,11?,12?,13-,14-,15-,16-,20?,21+/m0/s1. The maximum atomic E-state index is 14.1. The van der Waals surface area contributed by atoms with E-state index < -0.39 is 53.5 Å². The van der Waals surface area contributed by atoms with Crippen molar-refractivity contribution in [2.75, 3.05) is 0 Å². The summed E-state index contributed by atoms with van der Waals surface area (Å²) in [7, 11) is 0. The van der Waals surface area contributed by atoms with Gasteiger partial charge < -0.3 is 19.3 Å². The SMILES string of the molecule is CC(OC(=O)[C@H]1[C@@H]2C[C@H](F)[C@@](N)(OC(=O)O)[C@@H]21)OC(=O)C12CC3CC(CC(C3)C1)C2. The molecule has 0 aromatic carbocycles. The van der Waals surface area contributed by atoms with Crippen LogP contribution in [-0.4, -0.2) is 41.4 Å². The van der Waals surface area contributed by atoms with Crippen molar-refractivity contribution in [1.29, 1.82) is 0 Å². The maximum absolute atomic E-state index is 14.1. The van der Waals surface area contributed by atoms with Crippen molar-refractivity contribution in [3.05, 3.63) is 0 Å². The fraction of sp³-hybridized carbons (Fsp3) is 0.857. The lowest BCUT2D eigenvalue weighted by Crippen LogP contribution is -2.53. The third-order valence-electron chi connectivity index (χ3n) is 8.22. The first-order chi connectivity index (χ1) is 14.1. The van der Waals surface area contributed by atoms with Gasteiger partial charge in [-0.05, 0) is 68.6 Å². The average molecular weight is 425 g/mol. The van der Waals surface area contributed by atoms with Crippen molar-refractivity contribution in [2.45, 2.75) is 70.1 Å². The summed E-state index contributed by atoms with van der Waals surface area (Å²) in [5.41, 5.74) is 3.33. The fourth-order valence-corrected chi connectivity index (χ4v) is 7.42. The van der Waals surface area contributed by atoms with Crippen LogP contribution in [-0.2, 0) is 23.8 Å². The van der Waals surface area contributed by atoms with E-state index in [2.05, 4.69) is 4.74 Å². The molecule has 1 unspecified atom stereocenters. The number of hydrogen-bond donors (Lipinski definition) is 2. The van der Waals surface area contributed by atoms with E-state index >= 15 is 0 Å². The van der Waals surface area contributed by atoms with E-state index in [4.69, 9.17) is 20.3 Å². The number of carbonyl (C=O) groups is 3. The number of ether oxygens (including phenoxy) is 3. The Morgan fingerprint density at radius 1 is 1.03 bits per heavy atom. The van der Waals surface area contributed by atoms with Gasteiger partial charge in [0.15, 0.2) is 6.17 Å². The molecule has 0 aromatic heterocycles. The van der Waals surface area contributed by atoms with Crippen LogP contribution in [0.25, 0.3) is 0 Å². The molecule has 0 saturated heterocycles. The Morgan fingerprint density at radius 2 is 1.60 bits per heavy atom. The van der Waals surface area contributed by atoms with Crippen LogP contribution in [0.15, 0.2) is 0 Å². The van der Waals surface area contributed by atoms with Crippen molar-refractivity contribution in [2.24, 2.45) is 46.7 Å². The highest BCUT2D eigenvalue weighted by molar-refractivity contribution is 5.79. The second kappa shape index (κ2) is 6.55. The summed E-state index contributed by atoms with van der Waals surface area (Å²) in [4.78, 5) is 36.4. The Balaban J connectivity index is 1.18. The highest BCUT2D eigenvalue weighted by atomic mass is 19.1. The monoisotopic (exact) mass is 425 g/mol. The van der Waals surface area contributed by atoms with Gasteiger partial charge in [-0.1, -0.05) is 0 Å². The van der Waals surface area contributed by atoms with Crippen LogP contribution in [0.1, 0.15) is 51.9 Å².